The number of ether oxygens (including phenoxy) is 1. The van der Waals surface area contributed by atoms with Crippen molar-refractivity contribution < 1.29 is 19.0 Å². The Kier molecular flexibility index (Phi) is 4.72. The van der Waals surface area contributed by atoms with Crippen molar-refractivity contribution in [3.05, 3.63) is 76.1 Å². The molecule has 4 rings (SSSR count). The summed E-state index contributed by atoms with van der Waals surface area (Å²) in [4.78, 5) is 18.7. The van der Waals surface area contributed by atoms with E-state index in [0.29, 0.717) is 32.9 Å². The van der Waals surface area contributed by atoms with E-state index in [1.54, 1.807) is 50.2 Å². The number of fused-ring (bicyclic) bond motifs is 1. The molecule has 29 heavy (non-hydrogen) atoms. The van der Waals surface area contributed by atoms with Gasteiger partial charge in [-0.2, -0.15) is 4.98 Å². The molecule has 0 saturated carbocycles. The first kappa shape index (κ1) is 19.0. The Morgan fingerprint density at radius 1 is 1.10 bits per heavy atom. The topological polar surface area (TPSA) is 75.2 Å². The van der Waals surface area contributed by atoms with E-state index >= 15 is 0 Å². The second-order valence-corrected chi connectivity index (χ2v) is 7.15. The quantitative estimate of drug-likeness (QED) is 0.424. The predicted octanol–water partition coefficient (Wildman–Crippen LogP) is 6.13. The maximum atomic E-state index is 13.6. The number of carboxylic acid groups (broad SMARTS) is 1. The van der Waals surface area contributed by atoms with Crippen molar-refractivity contribution >= 4 is 28.6 Å². The van der Waals surface area contributed by atoms with Gasteiger partial charge in [-0.25, -0.2) is 9.18 Å². The molecule has 0 atom stereocenters. The summed E-state index contributed by atoms with van der Waals surface area (Å²) in [6.45, 7) is 3.41. The molecule has 0 bridgehead atoms. The Morgan fingerprint density at radius 2 is 1.90 bits per heavy atom. The van der Waals surface area contributed by atoms with Gasteiger partial charge in [0.05, 0.1) is 21.6 Å². The maximum Gasteiger partial charge on any atom is 0.336 e. The van der Waals surface area contributed by atoms with E-state index in [4.69, 9.17) is 16.3 Å². The molecule has 1 aromatic heterocycles. The largest absolute Gasteiger partial charge is 0.478 e. The Morgan fingerprint density at radius 3 is 2.62 bits per heavy atom. The van der Waals surface area contributed by atoms with Crippen molar-refractivity contribution in [3.8, 4) is 22.9 Å². The first-order valence-corrected chi connectivity index (χ1v) is 9.17. The SMILES string of the molecule is Cc1cc(-c2cc3nc(Oc4ccc(C)c(C(=O)O)c4)[nH]c3cc2Cl)ccc1F. The van der Waals surface area contributed by atoms with E-state index in [9.17, 15) is 14.3 Å². The molecule has 1 heterocycles. The van der Waals surface area contributed by atoms with Gasteiger partial charge in [0.2, 0.25) is 0 Å². The highest BCUT2D eigenvalue weighted by molar-refractivity contribution is 6.34. The smallest absolute Gasteiger partial charge is 0.336 e. The van der Waals surface area contributed by atoms with Crippen molar-refractivity contribution in [2.45, 2.75) is 13.8 Å². The monoisotopic (exact) mass is 410 g/mol. The van der Waals surface area contributed by atoms with E-state index in [1.165, 1.54) is 12.1 Å². The summed E-state index contributed by atoms with van der Waals surface area (Å²) in [5.74, 6) is -0.948. The number of nitrogens with one attached hydrogen (secondary N) is 1. The summed E-state index contributed by atoms with van der Waals surface area (Å²) in [7, 11) is 0. The molecular formula is C22H16ClFN2O3. The van der Waals surface area contributed by atoms with Crippen LogP contribution in [0.1, 0.15) is 21.5 Å². The number of hydrogen-bond acceptors (Lipinski definition) is 3. The molecule has 0 aliphatic heterocycles. The van der Waals surface area contributed by atoms with Crippen LogP contribution in [0.3, 0.4) is 0 Å². The van der Waals surface area contributed by atoms with Crippen molar-refractivity contribution in [1.82, 2.24) is 9.97 Å². The molecule has 146 valence electrons. The third kappa shape index (κ3) is 3.67. The van der Waals surface area contributed by atoms with Crippen LogP contribution in [0, 0.1) is 19.7 Å². The molecule has 2 N–H and O–H groups in total. The number of aromatic nitrogens is 2. The lowest BCUT2D eigenvalue weighted by Crippen LogP contribution is -2.00. The van der Waals surface area contributed by atoms with Crippen LogP contribution in [0.15, 0.2) is 48.5 Å². The number of aryl methyl sites for hydroxylation is 2. The number of imidazole rings is 1. The Bertz CT molecular complexity index is 1270. The van der Waals surface area contributed by atoms with Gasteiger partial charge < -0.3 is 14.8 Å². The van der Waals surface area contributed by atoms with Crippen LogP contribution in [0.25, 0.3) is 22.2 Å². The summed E-state index contributed by atoms with van der Waals surface area (Å²) in [6.07, 6.45) is 0. The summed E-state index contributed by atoms with van der Waals surface area (Å²) < 4.78 is 19.3. The normalized spacial score (nSPS) is 11.0. The first-order chi connectivity index (χ1) is 13.8. The highest BCUT2D eigenvalue weighted by Gasteiger charge is 2.13. The number of aromatic amines is 1. The van der Waals surface area contributed by atoms with Crippen LogP contribution >= 0.6 is 11.6 Å². The number of carbonyl (C=O) groups is 1. The minimum Gasteiger partial charge on any atom is -0.478 e. The molecule has 0 radical (unpaired) electrons. The van der Waals surface area contributed by atoms with Crippen LogP contribution in [-0.2, 0) is 0 Å². The average molecular weight is 411 g/mol. The van der Waals surface area contributed by atoms with Gasteiger partial charge in [0.25, 0.3) is 6.01 Å². The Labute approximate surface area is 170 Å². The van der Waals surface area contributed by atoms with E-state index in [0.717, 1.165) is 11.1 Å². The second kappa shape index (κ2) is 7.22. The number of benzene rings is 3. The Hall–Kier alpha value is -3.38. The number of nitrogens with zero attached hydrogens (tertiary/aromatic N) is 1. The lowest BCUT2D eigenvalue weighted by Gasteiger charge is -2.06. The minimum atomic E-state index is -1.02. The van der Waals surface area contributed by atoms with Crippen LogP contribution in [0.5, 0.6) is 11.8 Å². The van der Waals surface area contributed by atoms with Gasteiger partial charge in [0.15, 0.2) is 0 Å². The van der Waals surface area contributed by atoms with Crippen LogP contribution in [0.2, 0.25) is 5.02 Å². The molecule has 3 aromatic carbocycles. The highest BCUT2D eigenvalue weighted by Crippen LogP contribution is 2.34. The standard InChI is InChI=1S/C22H16ClFN2O3/c1-11-3-5-14(8-15(11)21(27)28)29-22-25-19-9-16(17(23)10-20(19)26-22)13-4-6-18(24)12(2)7-13/h3-10H,1-2H3,(H,25,26)(H,27,28). The van der Waals surface area contributed by atoms with E-state index in [-0.39, 0.29) is 17.4 Å². The fourth-order valence-electron chi connectivity index (χ4n) is 3.10. The zero-order chi connectivity index (χ0) is 20.7. The molecule has 0 saturated heterocycles. The third-order valence-electron chi connectivity index (χ3n) is 4.67. The number of rotatable bonds is 4. The fourth-order valence-corrected chi connectivity index (χ4v) is 3.37. The maximum absolute atomic E-state index is 13.6. The molecule has 0 aliphatic rings. The lowest BCUT2D eigenvalue weighted by molar-refractivity contribution is 0.0695. The van der Waals surface area contributed by atoms with Gasteiger partial charge in [-0.15, -0.1) is 0 Å². The summed E-state index contributed by atoms with van der Waals surface area (Å²) in [6, 6.07) is 13.3. The highest BCUT2D eigenvalue weighted by atomic mass is 35.5. The van der Waals surface area contributed by atoms with Crippen molar-refractivity contribution in [2.75, 3.05) is 0 Å². The fraction of sp³-hybridized carbons (Fsp3) is 0.0909. The minimum absolute atomic E-state index is 0.163. The second-order valence-electron chi connectivity index (χ2n) is 6.74. The zero-order valence-corrected chi connectivity index (χ0v) is 16.3. The van der Waals surface area contributed by atoms with Gasteiger partial charge in [-0.3, -0.25) is 0 Å². The number of carboxylic acids is 1. The van der Waals surface area contributed by atoms with Gasteiger partial charge in [0, 0.05) is 5.56 Å². The van der Waals surface area contributed by atoms with Crippen molar-refractivity contribution in [2.24, 2.45) is 0 Å². The molecule has 7 heteroatoms. The molecular weight excluding hydrogens is 395 g/mol. The summed E-state index contributed by atoms with van der Waals surface area (Å²) in [5.41, 5.74) is 4.12. The summed E-state index contributed by atoms with van der Waals surface area (Å²) in [5, 5.41) is 9.75. The van der Waals surface area contributed by atoms with E-state index in [1.807, 2.05) is 0 Å². The number of hydrogen-bond donors (Lipinski definition) is 2. The summed E-state index contributed by atoms with van der Waals surface area (Å²) >= 11 is 6.42. The first-order valence-electron chi connectivity index (χ1n) is 8.79. The zero-order valence-electron chi connectivity index (χ0n) is 15.6. The average Bonchev–Trinajstić information content (AvgIpc) is 3.05. The van der Waals surface area contributed by atoms with E-state index < -0.39 is 5.97 Å². The predicted molar refractivity (Wildman–Crippen MR) is 109 cm³/mol. The van der Waals surface area contributed by atoms with Crippen molar-refractivity contribution in [3.63, 3.8) is 0 Å². The third-order valence-corrected chi connectivity index (χ3v) is 4.98. The van der Waals surface area contributed by atoms with Crippen molar-refractivity contribution in [1.29, 1.82) is 0 Å². The lowest BCUT2D eigenvalue weighted by atomic mass is 10.0. The molecule has 0 fully saturated rings. The van der Waals surface area contributed by atoms with Gasteiger partial charge >= 0.3 is 5.97 Å². The van der Waals surface area contributed by atoms with Gasteiger partial charge in [-0.1, -0.05) is 23.7 Å². The van der Waals surface area contributed by atoms with Crippen LogP contribution in [-0.4, -0.2) is 21.0 Å². The molecule has 5 nitrogen and oxygen atoms in total. The Balaban J connectivity index is 1.71. The van der Waals surface area contributed by atoms with Gasteiger partial charge in [-0.05, 0) is 66.9 Å². The molecule has 0 aliphatic carbocycles. The van der Waals surface area contributed by atoms with Crippen LogP contribution < -0.4 is 4.74 Å². The number of aromatic carboxylic acids is 1. The number of halogens is 2. The molecule has 0 unspecified atom stereocenters. The molecule has 0 spiro atoms. The number of H-pyrrole nitrogens is 1. The molecule has 0 amide bonds. The molecule has 4 aromatic rings. The van der Waals surface area contributed by atoms with E-state index in [2.05, 4.69) is 9.97 Å². The van der Waals surface area contributed by atoms with Gasteiger partial charge in [0.1, 0.15) is 11.6 Å². The van der Waals surface area contributed by atoms with Crippen LogP contribution in [0.4, 0.5) is 4.39 Å².